The van der Waals surface area contributed by atoms with Gasteiger partial charge in [-0.1, -0.05) is 31.0 Å². The molecule has 0 aliphatic heterocycles. The highest BCUT2D eigenvalue weighted by atomic mass is 32.2. The Kier molecular flexibility index (Phi) is 6.71. The standard InChI is InChI=1S/C19H27N5O2S/c1-4-23(15-8-6-5-7-9-15)18(25)14(2)27-19-20-21-22-24(19)16-10-12-17(26-3)13-11-16/h10-15H,4-9H2,1-3H3/t14-/m0/s1. The summed E-state index contributed by atoms with van der Waals surface area (Å²) in [5.74, 6) is 0.939. The van der Waals surface area contributed by atoms with Gasteiger partial charge in [0.15, 0.2) is 0 Å². The largest absolute Gasteiger partial charge is 0.497 e. The van der Waals surface area contributed by atoms with Crippen molar-refractivity contribution in [2.75, 3.05) is 13.7 Å². The first-order chi connectivity index (χ1) is 13.1. The van der Waals surface area contributed by atoms with Gasteiger partial charge < -0.3 is 9.64 Å². The lowest BCUT2D eigenvalue weighted by atomic mass is 9.94. The van der Waals surface area contributed by atoms with Crippen LogP contribution in [0.5, 0.6) is 5.75 Å². The number of carbonyl (C=O) groups excluding carboxylic acids is 1. The number of hydrogen-bond donors (Lipinski definition) is 0. The van der Waals surface area contributed by atoms with Gasteiger partial charge in [0, 0.05) is 12.6 Å². The Labute approximate surface area is 164 Å². The summed E-state index contributed by atoms with van der Waals surface area (Å²) in [7, 11) is 1.63. The summed E-state index contributed by atoms with van der Waals surface area (Å²) in [6, 6.07) is 7.89. The third-order valence-corrected chi connectivity index (χ3v) is 6.05. The van der Waals surface area contributed by atoms with Crippen LogP contribution in [0.2, 0.25) is 0 Å². The van der Waals surface area contributed by atoms with Crippen molar-refractivity contribution < 1.29 is 9.53 Å². The van der Waals surface area contributed by atoms with Crippen molar-refractivity contribution in [3.8, 4) is 11.4 Å². The number of tetrazole rings is 1. The summed E-state index contributed by atoms with van der Waals surface area (Å²) in [6.45, 7) is 4.74. The van der Waals surface area contributed by atoms with Crippen LogP contribution >= 0.6 is 11.8 Å². The molecule has 0 radical (unpaired) electrons. The summed E-state index contributed by atoms with van der Waals surface area (Å²) >= 11 is 1.40. The van der Waals surface area contributed by atoms with Crippen LogP contribution < -0.4 is 4.74 Å². The lowest BCUT2D eigenvalue weighted by molar-refractivity contribution is -0.133. The summed E-state index contributed by atoms with van der Waals surface area (Å²) in [4.78, 5) is 15.1. The first-order valence-corrected chi connectivity index (χ1v) is 10.4. The number of aromatic nitrogens is 4. The molecule has 1 fully saturated rings. The van der Waals surface area contributed by atoms with E-state index in [1.165, 1.54) is 31.0 Å². The zero-order chi connectivity index (χ0) is 19.2. The summed E-state index contributed by atoms with van der Waals surface area (Å²) in [5.41, 5.74) is 0.836. The maximum absolute atomic E-state index is 13.0. The van der Waals surface area contributed by atoms with Gasteiger partial charge in [0.05, 0.1) is 18.0 Å². The Morgan fingerprint density at radius 3 is 2.63 bits per heavy atom. The minimum Gasteiger partial charge on any atom is -0.497 e. The van der Waals surface area contributed by atoms with E-state index < -0.39 is 0 Å². The van der Waals surface area contributed by atoms with Crippen molar-refractivity contribution in [3.05, 3.63) is 24.3 Å². The minimum atomic E-state index is -0.241. The molecular formula is C19H27N5O2S. The Balaban J connectivity index is 1.71. The van der Waals surface area contributed by atoms with Crippen molar-refractivity contribution in [1.29, 1.82) is 0 Å². The molecule has 7 nitrogen and oxygen atoms in total. The zero-order valence-corrected chi connectivity index (χ0v) is 17.0. The second-order valence-electron chi connectivity index (χ2n) is 6.75. The second kappa shape index (κ2) is 9.21. The molecule has 27 heavy (non-hydrogen) atoms. The minimum absolute atomic E-state index is 0.165. The monoisotopic (exact) mass is 389 g/mol. The first-order valence-electron chi connectivity index (χ1n) is 9.54. The lowest BCUT2D eigenvalue weighted by Crippen LogP contribution is -2.44. The van der Waals surface area contributed by atoms with E-state index in [-0.39, 0.29) is 11.2 Å². The molecule has 0 spiro atoms. The van der Waals surface area contributed by atoms with Gasteiger partial charge in [0.2, 0.25) is 11.1 Å². The number of benzene rings is 1. The Morgan fingerprint density at radius 2 is 2.00 bits per heavy atom. The van der Waals surface area contributed by atoms with Crippen LogP contribution in [0.15, 0.2) is 29.4 Å². The molecule has 0 bridgehead atoms. The average Bonchev–Trinajstić information content (AvgIpc) is 3.17. The molecule has 146 valence electrons. The zero-order valence-electron chi connectivity index (χ0n) is 16.2. The molecule has 0 N–H and O–H groups in total. The predicted octanol–water partition coefficient (Wildman–Crippen LogP) is 3.33. The smallest absolute Gasteiger partial charge is 0.236 e. The van der Waals surface area contributed by atoms with E-state index in [2.05, 4.69) is 22.4 Å². The van der Waals surface area contributed by atoms with Gasteiger partial charge in [0.1, 0.15) is 5.75 Å². The fourth-order valence-corrected chi connectivity index (χ4v) is 4.44. The van der Waals surface area contributed by atoms with Gasteiger partial charge in [-0.2, -0.15) is 4.68 Å². The van der Waals surface area contributed by atoms with Crippen molar-refractivity contribution >= 4 is 17.7 Å². The second-order valence-corrected chi connectivity index (χ2v) is 8.06. The predicted molar refractivity (Wildman–Crippen MR) is 105 cm³/mol. The summed E-state index contributed by atoms with van der Waals surface area (Å²) in [6.07, 6.45) is 5.93. The fraction of sp³-hybridized carbons (Fsp3) is 0.579. The van der Waals surface area contributed by atoms with E-state index in [1.807, 2.05) is 36.1 Å². The van der Waals surface area contributed by atoms with Gasteiger partial charge in [0.25, 0.3) is 0 Å². The van der Waals surface area contributed by atoms with Crippen LogP contribution in [0.3, 0.4) is 0 Å². The molecule has 2 aromatic rings. The molecule has 1 saturated carbocycles. The molecular weight excluding hydrogens is 362 g/mol. The number of methoxy groups -OCH3 is 1. The maximum atomic E-state index is 13.0. The molecule has 1 heterocycles. The molecule has 0 saturated heterocycles. The number of amides is 1. The molecule has 3 rings (SSSR count). The SMILES string of the molecule is CCN(C(=O)[C@H](C)Sc1nnnn1-c1ccc(OC)cc1)C1CCCCC1. The van der Waals surface area contributed by atoms with Crippen LogP contribution in [0.1, 0.15) is 46.0 Å². The Hall–Kier alpha value is -2.09. The van der Waals surface area contributed by atoms with Crippen molar-refractivity contribution in [2.45, 2.75) is 62.4 Å². The molecule has 1 atom stereocenters. The van der Waals surface area contributed by atoms with Gasteiger partial charge in [-0.15, -0.1) is 5.10 Å². The number of ether oxygens (including phenoxy) is 1. The van der Waals surface area contributed by atoms with Crippen molar-refractivity contribution in [3.63, 3.8) is 0 Å². The van der Waals surface area contributed by atoms with E-state index in [9.17, 15) is 4.79 Å². The van der Waals surface area contributed by atoms with Crippen molar-refractivity contribution in [2.24, 2.45) is 0 Å². The van der Waals surface area contributed by atoms with Crippen LogP contribution in [-0.2, 0) is 4.79 Å². The number of carbonyl (C=O) groups is 1. The van der Waals surface area contributed by atoms with E-state index in [1.54, 1.807) is 11.8 Å². The number of rotatable bonds is 7. The normalized spacial score (nSPS) is 16.1. The van der Waals surface area contributed by atoms with E-state index in [0.29, 0.717) is 11.2 Å². The molecule has 1 aliphatic rings. The van der Waals surface area contributed by atoms with Crippen molar-refractivity contribution in [1.82, 2.24) is 25.1 Å². The molecule has 1 aromatic heterocycles. The number of hydrogen-bond acceptors (Lipinski definition) is 6. The molecule has 1 amide bonds. The topological polar surface area (TPSA) is 73.1 Å². The van der Waals surface area contributed by atoms with Crippen LogP contribution in [0, 0.1) is 0 Å². The molecule has 8 heteroatoms. The quantitative estimate of drug-likeness (QED) is 0.676. The van der Waals surface area contributed by atoms with Gasteiger partial charge in [-0.3, -0.25) is 4.79 Å². The van der Waals surface area contributed by atoms with E-state index in [0.717, 1.165) is 30.8 Å². The lowest BCUT2D eigenvalue weighted by Gasteiger charge is -2.35. The third-order valence-electron chi connectivity index (χ3n) is 5.03. The number of thioether (sulfide) groups is 1. The Bertz CT molecular complexity index is 743. The fourth-order valence-electron chi connectivity index (χ4n) is 3.57. The van der Waals surface area contributed by atoms with Crippen LogP contribution in [0.25, 0.3) is 5.69 Å². The van der Waals surface area contributed by atoms with Gasteiger partial charge in [-0.25, -0.2) is 0 Å². The maximum Gasteiger partial charge on any atom is 0.236 e. The Morgan fingerprint density at radius 1 is 1.30 bits per heavy atom. The van der Waals surface area contributed by atoms with Crippen LogP contribution in [-0.4, -0.2) is 56.0 Å². The molecule has 1 aliphatic carbocycles. The first kappa shape index (κ1) is 19.7. The third kappa shape index (κ3) is 4.61. The average molecular weight is 390 g/mol. The highest BCUT2D eigenvalue weighted by Crippen LogP contribution is 2.28. The van der Waals surface area contributed by atoms with Gasteiger partial charge >= 0.3 is 0 Å². The van der Waals surface area contributed by atoms with E-state index in [4.69, 9.17) is 4.74 Å². The molecule has 0 unspecified atom stereocenters. The molecule has 1 aromatic carbocycles. The van der Waals surface area contributed by atoms with E-state index >= 15 is 0 Å². The van der Waals surface area contributed by atoms with Crippen LogP contribution in [0.4, 0.5) is 0 Å². The number of nitrogens with zero attached hydrogens (tertiary/aromatic N) is 5. The van der Waals surface area contributed by atoms with Gasteiger partial charge in [-0.05, 0) is 61.4 Å². The summed E-state index contributed by atoms with van der Waals surface area (Å²) in [5, 5.41) is 12.4. The highest BCUT2D eigenvalue weighted by molar-refractivity contribution is 8.00. The highest BCUT2D eigenvalue weighted by Gasteiger charge is 2.29. The summed E-state index contributed by atoms with van der Waals surface area (Å²) < 4.78 is 6.85.